The lowest BCUT2D eigenvalue weighted by Gasteiger charge is -2.28. The fourth-order valence-corrected chi connectivity index (χ4v) is 3.64. The molecule has 7 nitrogen and oxygen atoms in total. The Morgan fingerprint density at radius 3 is 2.43 bits per heavy atom. The van der Waals surface area contributed by atoms with Crippen molar-refractivity contribution in [3.8, 4) is 0 Å². The van der Waals surface area contributed by atoms with Crippen molar-refractivity contribution in [1.29, 1.82) is 0 Å². The average Bonchev–Trinajstić information content (AvgIpc) is 2.96. The third-order valence-corrected chi connectivity index (χ3v) is 5.66. The van der Waals surface area contributed by atoms with Crippen LogP contribution in [0.15, 0.2) is 21.7 Å². The standard InChI is InChI=1S/C13H18N4O3S/c1-16(2)21(18,19)11-7-6-10(12-13(11)15-20-14-12)17-8-4-3-5-9-17/h6-7H,3-5,8-9H2,1-2H3. The van der Waals surface area contributed by atoms with Crippen molar-refractivity contribution in [1.82, 2.24) is 14.6 Å². The molecule has 0 aliphatic carbocycles. The zero-order valence-corrected chi connectivity index (χ0v) is 12.9. The van der Waals surface area contributed by atoms with Crippen molar-refractivity contribution in [2.75, 3.05) is 32.1 Å². The molecule has 21 heavy (non-hydrogen) atoms. The molecule has 0 atom stereocenters. The molecule has 114 valence electrons. The van der Waals surface area contributed by atoms with Crippen LogP contribution in [0.2, 0.25) is 0 Å². The molecule has 1 aromatic carbocycles. The number of anilines is 1. The van der Waals surface area contributed by atoms with Crippen molar-refractivity contribution in [2.45, 2.75) is 24.2 Å². The molecular formula is C13H18N4O3S. The summed E-state index contributed by atoms with van der Waals surface area (Å²) in [6.45, 7) is 1.89. The monoisotopic (exact) mass is 310 g/mol. The van der Waals surface area contributed by atoms with E-state index < -0.39 is 10.0 Å². The Morgan fingerprint density at radius 1 is 1.10 bits per heavy atom. The van der Waals surface area contributed by atoms with E-state index in [1.54, 1.807) is 12.1 Å². The van der Waals surface area contributed by atoms with Gasteiger partial charge in [0.05, 0.1) is 5.69 Å². The molecule has 1 aliphatic rings. The second kappa shape index (κ2) is 5.27. The third kappa shape index (κ3) is 2.38. The smallest absolute Gasteiger partial charge is 0.244 e. The lowest BCUT2D eigenvalue weighted by atomic mass is 10.1. The van der Waals surface area contributed by atoms with Gasteiger partial charge in [-0.2, -0.15) is 0 Å². The molecule has 1 aliphatic heterocycles. The number of benzene rings is 1. The number of fused-ring (bicyclic) bond motifs is 1. The molecule has 0 spiro atoms. The Balaban J connectivity index is 2.14. The molecule has 3 rings (SSSR count). The van der Waals surface area contributed by atoms with E-state index in [1.807, 2.05) is 0 Å². The van der Waals surface area contributed by atoms with Gasteiger partial charge in [-0.15, -0.1) is 0 Å². The molecule has 2 aromatic rings. The number of hydrogen-bond donors (Lipinski definition) is 0. The minimum Gasteiger partial charge on any atom is -0.370 e. The Bertz CT molecular complexity index is 748. The van der Waals surface area contributed by atoms with E-state index in [0.717, 1.165) is 35.9 Å². The van der Waals surface area contributed by atoms with Crippen LogP contribution in [0.3, 0.4) is 0 Å². The van der Waals surface area contributed by atoms with E-state index in [9.17, 15) is 8.42 Å². The molecule has 2 heterocycles. The minimum absolute atomic E-state index is 0.129. The van der Waals surface area contributed by atoms with Crippen LogP contribution < -0.4 is 4.90 Å². The summed E-state index contributed by atoms with van der Waals surface area (Å²) in [4.78, 5) is 2.34. The molecule has 1 fully saturated rings. The Hall–Kier alpha value is -1.67. The zero-order valence-electron chi connectivity index (χ0n) is 12.1. The summed E-state index contributed by atoms with van der Waals surface area (Å²) >= 11 is 0. The maximum Gasteiger partial charge on any atom is 0.244 e. The van der Waals surface area contributed by atoms with Gasteiger partial charge in [0, 0.05) is 27.2 Å². The van der Waals surface area contributed by atoms with Gasteiger partial charge >= 0.3 is 0 Å². The lowest BCUT2D eigenvalue weighted by Crippen LogP contribution is -2.29. The number of nitrogens with zero attached hydrogens (tertiary/aromatic N) is 4. The van der Waals surface area contributed by atoms with Crippen molar-refractivity contribution < 1.29 is 13.0 Å². The second-order valence-electron chi connectivity index (χ2n) is 5.38. The van der Waals surface area contributed by atoms with E-state index in [1.165, 1.54) is 20.5 Å². The first kappa shape index (κ1) is 14.3. The fraction of sp³-hybridized carbons (Fsp3) is 0.538. The normalized spacial score (nSPS) is 16.8. The highest BCUT2D eigenvalue weighted by Crippen LogP contribution is 2.31. The number of rotatable bonds is 3. The summed E-state index contributed by atoms with van der Waals surface area (Å²) in [5.74, 6) is 0. The maximum absolute atomic E-state index is 12.3. The number of aromatic nitrogens is 2. The van der Waals surface area contributed by atoms with Crippen LogP contribution in [0.5, 0.6) is 0 Å². The number of hydrogen-bond acceptors (Lipinski definition) is 6. The molecule has 1 aromatic heterocycles. The minimum atomic E-state index is -3.57. The van der Waals surface area contributed by atoms with E-state index in [2.05, 4.69) is 15.2 Å². The molecule has 0 saturated carbocycles. The Kier molecular flexibility index (Phi) is 3.58. The number of piperidine rings is 1. The van der Waals surface area contributed by atoms with Crippen molar-refractivity contribution in [3.63, 3.8) is 0 Å². The van der Waals surface area contributed by atoms with Gasteiger partial charge in [0.2, 0.25) is 10.0 Å². The first-order valence-corrected chi connectivity index (χ1v) is 8.38. The summed E-state index contributed by atoms with van der Waals surface area (Å²) < 4.78 is 30.6. The van der Waals surface area contributed by atoms with Crippen molar-refractivity contribution >= 4 is 26.7 Å². The van der Waals surface area contributed by atoms with Crippen LogP contribution in [0.25, 0.3) is 11.0 Å². The van der Waals surface area contributed by atoms with Crippen LogP contribution >= 0.6 is 0 Å². The summed E-state index contributed by atoms with van der Waals surface area (Å²) in [5.41, 5.74) is 1.70. The van der Waals surface area contributed by atoms with Gasteiger partial charge in [-0.1, -0.05) is 0 Å². The van der Waals surface area contributed by atoms with Gasteiger partial charge < -0.3 is 4.90 Å². The summed E-state index contributed by atoms with van der Waals surface area (Å²) in [7, 11) is -0.582. The molecule has 1 saturated heterocycles. The zero-order chi connectivity index (χ0) is 15.0. The summed E-state index contributed by atoms with van der Waals surface area (Å²) in [6.07, 6.45) is 3.48. The largest absolute Gasteiger partial charge is 0.370 e. The Labute approximate surface area is 123 Å². The maximum atomic E-state index is 12.3. The molecule has 8 heteroatoms. The van der Waals surface area contributed by atoms with Crippen LogP contribution in [0.1, 0.15) is 19.3 Å². The van der Waals surface area contributed by atoms with Gasteiger partial charge in [0.15, 0.2) is 11.0 Å². The van der Waals surface area contributed by atoms with Crippen LogP contribution in [0, 0.1) is 0 Å². The predicted octanol–water partition coefficient (Wildman–Crippen LogP) is 1.46. The molecular weight excluding hydrogens is 292 g/mol. The fourth-order valence-electron chi connectivity index (χ4n) is 2.63. The van der Waals surface area contributed by atoms with Crippen molar-refractivity contribution in [3.05, 3.63) is 12.1 Å². The molecule has 0 N–H and O–H groups in total. The molecule has 0 bridgehead atoms. The van der Waals surface area contributed by atoms with E-state index >= 15 is 0 Å². The first-order valence-electron chi connectivity index (χ1n) is 6.94. The second-order valence-corrected chi connectivity index (χ2v) is 7.50. The molecule has 0 unspecified atom stereocenters. The van der Waals surface area contributed by atoms with Crippen LogP contribution in [0.4, 0.5) is 5.69 Å². The summed E-state index contributed by atoms with van der Waals surface area (Å²) in [5, 5.41) is 7.72. The average molecular weight is 310 g/mol. The predicted molar refractivity (Wildman–Crippen MR) is 78.7 cm³/mol. The number of sulfonamides is 1. The van der Waals surface area contributed by atoms with Gasteiger partial charge in [-0.25, -0.2) is 17.4 Å². The van der Waals surface area contributed by atoms with E-state index in [4.69, 9.17) is 4.63 Å². The van der Waals surface area contributed by atoms with Crippen LogP contribution in [-0.4, -0.2) is 50.2 Å². The summed E-state index contributed by atoms with van der Waals surface area (Å²) in [6, 6.07) is 3.39. The highest BCUT2D eigenvalue weighted by Gasteiger charge is 2.26. The van der Waals surface area contributed by atoms with E-state index in [-0.39, 0.29) is 4.90 Å². The van der Waals surface area contributed by atoms with Crippen molar-refractivity contribution in [2.24, 2.45) is 0 Å². The van der Waals surface area contributed by atoms with Gasteiger partial charge in [0.1, 0.15) is 4.90 Å². The highest BCUT2D eigenvalue weighted by molar-refractivity contribution is 7.89. The van der Waals surface area contributed by atoms with Gasteiger partial charge in [0.25, 0.3) is 0 Å². The van der Waals surface area contributed by atoms with Gasteiger partial charge in [-0.05, 0) is 41.7 Å². The van der Waals surface area contributed by atoms with E-state index in [0.29, 0.717) is 11.0 Å². The highest BCUT2D eigenvalue weighted by atomic mass is 32.2. The van der Waals surface area contributed by atoms with Crippen LogP contribution in [-0.2, 0) is 10.0 Å². The van der Waals surface area contributed by atoms with Gasteiger partial charge in [-0.3, -0.25) is 0 Å². The molecule has 0 radical (unpaired) electrons. The molecule has 0 amide bonds. The quantitative estimate of drug-likeness (QED) is 0.854. The third-order valence-electron chi connectivity index (χ3n) is 3.81. The lowest BCUT2D eigenvalue weighted by molar-refractivity contribution is 0.315. The Morgan fingerprint density at radius 2 is 1.76 bits per heavy atom. The first-order chi connectivity index (χ1) is 10.0. The topological polar surface area (TPSA) is 79.5 Å². The SMILES string of the molecule is CN(C)S(=O)(=O)c1ccc(N2CCCCC2)c2nonc12.